The van der Waals surface area contributed by atoms with Gasteiger partial charge in [0.15, 0.2) is 0 Å². The Labute approximate surface area is 87.2 Å². The number of rotatable bonds is 3. The number of carbonyl (C=O) groups is 1. The molecule has 0 amide bonds. The molecule has 0 aromatic carbocycles. The van der Waals surface area contributed by atoms with Crippen molar-refractivity contribution < 1.29 is 36.2 Å². The van der Waals surface area contributed by atoms with Crippen LogP contribution in [0.3, 0.4) is 0 Å². The van der Waals surface area contributed by atoms with Crippen molar-refractivity contribution in [3.63, 3.8) is 0 Å². The number of alkyl halides is 6. The average Bonchev–Trinajstić information content (AvgIpc) is 1.99. The summed E-state index contributed by atoms with van der Waals surface area (Å²) in [5, 5.41) is 8.83. The topological polar surface area (TPSA) is 37.3 Å². The molecule has 0 heterocycles. The van der Waals surface area contributed by atoms with Crippen molar-refractivity contribution in [2.24, 2.45) is 11.8 Å². The molecule has 0 saturated heterocycles. The van der Waals surface area contributed by atoms with E-state index in [1.54, 1.807) is 0 Å². The summed E-state index contributed by atoms with van der Waals surface area (Å²) in [5.41, 5.74) is -5.00. The molecule has 8 heteroatoms. The molecular weight excluding hydrogens is 242 g/mol. The Bertz CT molecular complexity index is 240. The van der Waals surface area contributed by atoms with Gasteiger partial charge in [0.05, 0.1) is 5.92 Å². The van der Waals surface area contributed by atoms with E-state index < -0.39 is 36.1 Å². The Morgan fingerprint density at radius 2 is 1.31 bits per heavy atom. The van der Waals surface area contributed by atoms with Crippen molar-refractivity contribution in [3.8, 4) is 0 Å². The first-order valence-corrected chi connectivity index (χ1v) is 4.20. The number of hydrogen-bond donors (Lipinski definition) is 1. The number of aldehydes is 1. The van der Waals surface area contributed by atoms with Crippen LogP contribution in [0.1, 0.15) is 13.8 Å². The normalized spacial score (nSPS) is 16.4. The van der Waals surface area contributed by atoms with Crippen LogP contribution < -0.4 is 0 Å². The minimum atomic E-state index is -5.96. The maximum Gasteiger partial charge on any atom is 0.427 e. The Balaban J connectivity index is 5.67. The minimum Gasteiger partial charge on any atom is -0.373 e. The third kappa shape index (κ3) is 2.31. The Morgan fingerprint density at radius 3 is 1.38 bits per heavy atom. The molecule has 0 aliphatic heterocycles. The van der Waals surface area contributed by atoms with E-state index in [0.717, 1.165) is 13.8 Å². The van der Waals surface area contributed by atoms with Crippen molar-refractivity contribution in [3.05, 3.63) is 0 Å². The predicted octanol–water partition coefficient (Wildman–Crippen LogP) is 2.31. The van der Waals surface area contributed by atoms with E-state index in [2.05, 4.69) is 0 Å². The minimum absolute atomic E-state index is 0.522. The van der Waals surface area contributed by atoms with Crippen LogP contribution in [0.25, 0.3) is 0 Å². The SMILES string of the molecule is CC(C)[C@H](C=O)C(O)(C(F)(F)F)C(F)(F)F. The fraction of sp³-hybridized carbons (Fsp3) is 0.875. The lowest BCUT2D eigenvalue weighted by Gasteiger charge is -2.37. The van der Waals surface area contributed by atoms with Crippen LogP contribution in [0.2, 0.25) is 0 Å². The highest BCUT2D eigenvalue weighted by atomic mass is 19.4. The van der Waals surface area contributed by atoms with E-state index in [-0.39, 0.29) is 0 Å². The number of halogens is 6. The Morgan fingerprint density at radius 1 is 1.00 bits per heavy atom. The van der Waals surface area contributed by atoms with Gasteiger partial charge in [-0.15, -0.1) is 0 Å². The van der Waals surface area contributed by atoms with Crippen LogP contribution in [0.5, 0.6) is 0 Å². The van der Waals surface area contributed by atoms with Crippen LogP contribution in [-0.2, 0) is 4.79 Å². The van der Waals surface area contributed by atoms with Crippen LogP contribution in [-0.4, -0.2) is 29.3 Å². The third-order valence-corrected chi connectivity index (χ3v) is 2.21. The second kappa shape index (κ2) is 4.23. The van der Waals surface area contributed by atoms with Crippen molar-refractivity contribution in [1.29, 1.82) is 0 Å². The summed E-state index contributed by atoms with van der Waals surface area (Å²) >= 11 is 0. The van der Waals surface area contributed by atoms with Crippen molar-refractivity contribution >= 4 is 6.29 Å². The summed E-state index contributed by atoms with van der Waals surface area (Å²) in [6, 6.07) is 0. The van der Waals surface area contributed by atoms with Crippen molar-refractivity contribution in [2.75, 3.05) is 0 Å². The van der Waals surface area contributed by atoms with Crippen LogP contribution in [0, 0.1) is 11.8 Å². The molecule has 0 spiro atoms. The van der Waals surface area contributed by atoms with Gasteiger partial charge in [-0.05, 0) is 5.92 Å². The molecule has 0 radical (unpaired) electrons. The molecule has 0 aromatic heterocycles. The van der Waals surface area contributed by atoms with Crippen LogP contribution >= 0.6 is 0 Å². The first kappa shape index (κ1) is 15.2. The lowest BCUT2D eigenvalue weighted by atomic mass is 9.79. The van der Waals surface area contributed by atoms with Crippen molar-refractivity contribution in [2.45, 2.75) is 31.8 Å². The molecule has 16 heavy (non-hydrogen) atoms. The summed E-state index contributed by atoms with van der Waals surface area (Å²) in [5.74, 6) is -3.89. The van der Waals surface area contributed by atoms with Gasteiger partial charge < -0.3 is 9.90 Å². The summed E-state index contributed by atoms with van der Waals surface area (Å²) in [6.07, 6.45) is -12.4. The van der Waals surface area contributed by atoms with Gasteiger partial charge in [0.2, 0.25) is 0 Å². The molecule has 0 unspecified atom stereocenters. The molecule has 0 rings (SSSR count). The average molecular weight is 252 g/mol. The van der Waals surface area contributed by atoms with E-state index in [1.165, 1.54) is 0 Å². The monoisotopic (exact) mass is 252 g/mol. The molecule has 1 N–H and O–H groups in total. The smallest absolute Gasteiger partial charge is 0.373 e. The van der Waals surface area contributed by atoms with E-state index in [1.807, 2.05) is 0 Å². The molecule has 0 aliphatic carbocycles. The molecular formula is C8H10F6O2. The summed E-state index contributed by atoms with van der Waals surface area (Å²) in [4.78, 5) is 10.3. The maximum absolute atomic E-state index is 12.3. The van der Waals surface area contributed by atoms with Crippen molar-refractivity contribution in [1.82, 2.24) is 0 Å². The fourth-order valence-corrected chi connectivity index (χ4v) is 1.28. The van der Waals surface area contributed by atoms with Gasteiger partial charge in [-0.3, -0.25) is 0 Å². The lowest BCUT2D eigenvalue weighted by Crippen LogP contribution is -2.63. The third-order valence-electron chi connectivity index (χ3n) is 2.21. The Hall–Kier alpha value is -0.790. The molecule has 0 bridgehead atoms. The zero-order valence-electron chi connectivity index (χ0n) is 8.36. The largest absolute Gasteiger partial charge is 0.427 e. The standard InChI is InChI=1S/C8H10F6O2/c1-4(2)5(3-15)6(16,7(9,10)11)8(12,13)14/h3-5,16H,1-2H3/t5-/m0/s1. The highest BCUT2D eigenvalue weighted by molar-refractivity contribution is 5.57. The second-order valence-electron chi connectivity index (χ2n) is 3.67. The van der Waals surface area contributed by atoms with Gasteiger partial charge in [-0.1, -0.05) is 13.8 Å². The highest BCUT2D eigenvalue weighted by Gasteiger charge is 2.74. The predicted molar refractivity (Wildman–Crippen MR) is 41.5 cm³/mol. The first-order chi connectivity index (χ1) is 6.89. The summed E-state index contributed by atoms with van der Waals surface area (Å²) < 4.78 is 73.6. The van der Waals surface area contributed by atoms with Gasteiger partial charge in [0, 0.05) is 0 Å². The summed E-state index contributed by atoms with van der Waals surface area (Å²) in [7, 11) is 0. The molecule has 2 nitrogen and oxygen atoms in total. The second-order valence-corrected chi connectivity index (χ2v) is 3.67. The van der Waals surface area contributed by atoms with Gasteiger partial charge in [-0.25, -0.2) is 0 Å². The van der Waals surface area contributed by atoms with E-state index in [0.29, 0.717) is 0 Å². The molecule has 1 atom stereocenters. The molecule has 96 valence electrons. The number of aliphatic hydroxyl groups is 1. The number of carbonyl (C=O) groups excluding carboxylic acids is 1. The van der Waals surface area contributed by atoms with Crippen LogP contribution in [0.4, 0.5) is 26.3 Å². The maximum atomic E-state index is 12.3. The van der Waals surface area contributed by atoms with Gasteiger partial charge >= 0.3 is 12.4 Å². The first-order valence-electron chi connectivity index (χ1n) is 4.20. The molecule has 0 aliphatic rings. The fourth-order valence-electron chi connectivity index (χ4n) is 1.28. The molecule has 0 fully saturated rings. The summed E-state index contributed by atoms with van der Waals surface area (Å²) in [6.45, 7) is 1.98. The van der Waals surface area contributed by atoms with E-state index in [4.69, 9.17) is 5.11 Å². The van der Waals surface area contributed by atoms with Crippen LogP contribution in [0.15, 0.2) is 0 Å². The van der Waals surface area contributed by atoms with Gasteiger partial charge in [-0.2, -0.15) is 26.3 Å². The zero-order valence-corrected chi connectivity index (χ0v) is 8.36. The van der Waals surface area contributed by atoms with E-state index >= 15 is 0 Å². The lowest BCUT2D eigenvalue weighted by molar-refractivity contribution is -0.382. The van der Waals surface area contributed by atoms with Gasteiger partial charge in [0.1, 0.15) is 6.29 Å². The van der Waals surface area contributed by atoms with E-state index in [9.17, 15) is 31.1 Å². The number of hydrogen-bond acceptors (Lipinski definition) is 2. The zero-order chi connectivity index (χ0) is 13.4. The highest BCUT2D eigenvalue weighted by Crippen LogP contribution is 2.48. The molecule has 0 aromatic rings. The molecule has 0 saturated carbocycles. The van der Waals surface area contributed by atoms with Gasteiger partial charge in [0.25, 0.3) is 5.60 Å². The quantitative estimate of drug-likeness (QED) is 0.618. The Kier molecular flexibility index (Phi) is 4.02.